The van der Waals surface area contributed by atoms with Crippen LogP contribution in [0.5, 0.6) is 0 Å². The van der Waals surface area contributed by atoms with Gasteiger partial charge in [0.25, 0.3) is 5.56 Å². The Balaban J connectivity index is 2.23. The van der Waals surface area contributed by atoms with E-state index in [-0.39, 0.29) is 5.56 Å². The molecule has 2 N–H and O–H groups in total. The summed E-state index contributed by atoms with van der Waals surface area (Å²) < 4.78 is 1.22. The lowest BCUT2D eigenvalue weighted by atomic mass is 10.3. The van der Waals surface area contributed by atoms with E-state index >= 15 is 0 Å². The smallest absolute Gasteiger partial charge is 0.320 e. The van der Waals surface area contributed by atoms with E-state index in [0.717, 1.165) is 0 Å². The third kappa shape index (κ3) is 2.54. The van der Waals surface area contributed by atoms with Gasteiger partial charge in [0, 0.05) is 11.8 Å². The molecule has 2 heterocycles. The van der Waals surface area contributed by atoms with Crippen LogP contribution in [0.4, 0.5) is 0 Å². The van der Waals surface area contributed by atoms with Crippen LogP contribution >= 0.6 is 11.3 Å². The highest BCUT2D eigenvalue weighted by Crippen LogP contribution is 2.11. The molecule has 0 aromatic carbocycles. The summed E-state index contributed by atoms with van der Waals surface area (Å²) in [6.45, 7) is 3.58. The maximum absolute atomic E-state index is 11.6. The first-order valence-corrected chi connectivity index (χ1v) is 6.11. The minimum absolute atomic E-state index is 0.230. The average Bonchev–Trinajstić information content (AvgIpc) is 2.68. The van der Waals surface area contributed by atoms with Crippen molar-refractivity contribution in [2.45, 2.75) is 26.4 Å². The fourth-order valence-electron chi connectivity index (χ4n) is 1.36. The molecule has 0 saturated heterocycles. The Hall–Kier alpha value is -1.80. The molecule has 0 amide bonds. The highest BCUT2D eigenvalue weighted by atomic mass is 32.1. The van der Waals surface area contributed by atoms with Crippen molar-refractivity contribution in [2.75, 3.05) is 0 Å². The van der Waals surface area contributed by atoms with E-state index in [1.807, 2.05) is 0 Å². The second-order valence-corrected chi connectivity index (χ2v) is 4.91. The molecular formula is C10H12N4O3S. The Labute approximate surface area is 106 Å². The minimum Gasteiger partial charge on any atom is -0.480 e. The van der Waals surface area contributed by atoms with Crippen LogP contribution in [-0.2, 0) is 11.3 Å². The van der Waals surface area contributed by atoms with Crippen LogP contribution in [0.15, 0.2) is 10.9 Å². The number of carbonyl (C=O) groups is 1. The van der Waals surface area contributed by atoms with Crippen molar-refractivity contribution < 1.29 is 9.90 Å². The lowest BCUT2D eigenvalue weighted by Gasteiger charge is -2.05. The molecule has 0 radical (unpaired) electrons. The Kier molecular flexibility index (Phi) is 3.39. The van der Waals surface area contributed by atoms with Gasteiger partial charge in [-0.1, -0.05) is 11.3 Å². The van der Waals surface area contributed by atoms with Gasteiger partial charge in [-0.3, -0.25) is 14.9 Å². The van der Waals surface area contributed by atoms with Crippen LogP contribution in [-0.4, -0.2) is 31.7 Å². The van der Waals surface area contributed by atoms with Gasteiger partial charge in [0.2, 0.25) is 4.96 Å². The van der Waals surface area contributed by atoms with Gasteiger partial charge in [0.15, 0.2) is 0 Å². The zero-order chi connectivity index (χ0) is 13.3. The third-order valence-corrected chi connectivity index (χ3v) is 3.25. The second-order valence-electron chi connectivity index (χ2n) is 3.87. The molecule has 0 saturated carbocycles. The highest BCUT2D eigenvalue weighted by molar-refractivity contribution is 7.16. The molecule has 0 unspecified atom stereocenters. The molecule has 0 aliphatic carbocycles. The van der Waals surface area contributed by atoms with Crippen LogP contribution in [0.25, 0.3) is 4.96 Å². The second kappa shape index (κ2) is 4.83. The van der Waals surface area contributed by atoms with E-state index in [2.05, 4.69) is 15.4 Å². The van der Waals surface area contributed by atoms with Gasteiger partial charge in [-0.05, 0) is 13.8 Å². The maximum Gasteiger partial charge on any atom is 0.320 e. The Morgan fingerprint density at radius 2 is 2.39 bits per heavy atom. The van der Waals surface area contributed by atoms with Gasteiger partial charge < -0.3 is 5.11 Å². The van der Waals surface area contributed by atoms with Gasteiger partial charge in [-0.15, -0.1) is 0 Å². The van der Waals surface area contributed by atoms with Crippen molar-refractivity contribution in [3.8, 4) is 0 Å². The summed E-state index contributed by atoms with van der Waals surface area (Å²) in [6, 6.07) is 0.743. The van der Waals surface area contributed by atoms with Crippen molar-refractivity contribution in [3.05, 3.63) is 27.1 Å². The van der Waals surface area contributed by atoms with E-state index in [0.29, 0.717) is 22.2 Å². The lowest BCUT2D eigenvalue weighted by molar-refractivity contribution is -0.139. The normalized spacial score (nSPS) is 12.8. The van der Waals surface area contributed by atoms with Crippen LogP contribution in [0.2, 0.25) is 0 Å². The topological polar surface area (TPSA) is 96.6 Å². The number of aryl methyl sites for hydroxylation is 1. The number of carboxylic acids is 1. The summed E-state index contributed by atoms with van der Waals surface area (Å²) in [4.78, 5) is 27.0. The Morgan fingerprint density at radius 1 is 1.67 bits per heavy atom. The minimum atomic E-state index is -0.928. The summed E-state index contributed by atoms with van der Waals surface area (Å²) in [5, 5.41) is 16.2. The summed E-state index contributed by atoms with van der Waals surface area (Å²) in [7, 11) is 0. The standard InChI is InChI=1S/C10H12N4O3S/c1-5-3-8(15)14-10(12-5)18-7(13-14)4-11-6(2)9(16)17/h3,6,11H,4H2,1-2H3,(H,16,17)/t6-/m1/s1. The molecule has 7 nitrogen and oxygen atoms in total. The van der Waals surface area contributed by atoms with Crippen molar-refractivity contribution in [1.29, 1.82) is 0 Å². The fourth-order valence-corrected chi connectivity index (χ4v) is 2.25. The number of rotatable bonds is 4. The number of hydrogen-bond donors (Lipinski definition) is 2. The van der Waals surface area contributed by atoms with E-state index in [1.165, 1.54) is 21.9 Å². The summed E-state index contributed by atoms with van der Waals surface area (Å²) in [5.41, 5.74) is 0.411. The molecule has 8 heteroatoms. The number of nitrogens with zero attached hydrogens (tertiary/aromatic N) is 3. The molecule has 0 aliphatic rings. The third-order valence-electron chi connectivity index (χ3n) is 2.34. The van der Waals surface area contributed by atoms with Crippen molar-refractivity contribution in [3.63, 3.8) is 0 Å². The largest absolute Gasteiger partial charge is 0.480 e. The maximum atomic E-state index is 11.6. The van der Waals surface area contributed by atoms with Gasteiger partial charge in [-0.25, -0.2) is 4.98 Å². The predicted octanol–water partition coefficient (Wildman–Crippen LogP) is 0.0221. The molecule has 2 aromatic heterocycles. The van der Waals surface area contributed by atoms with Crippen molar-refractivity contribution in [1.82, 2.24) is 19.9 Å². The SMILES string of the molecule is Cc1cc(=O)n2nc(CN[C@H](C)C(=O)O)sc2n1. The van der Waals surface area contributed by atoms with Crippen LogP contribution in [0.1, 0.15) is 17.6 Å². The first-order valence-electron chi connectivity index (χ1n) is 5.30. The molecular weight excluding hydrogens is 256 g/mol. The van der Waals surface area contributed by atoms with Gasteiger partial charge in [0.05, 0.1) is 6.54 Å². The molecule has 0 bridgehead atoms. The number of aromatic nitrogens is 3. The number of hydrogen-bond acceptors (Lipinski definition) is 6. The fraction of sp³-hybridized carbons (Fsp3) is 0.400. The molecule has 18 heavy (non-hydrogen) atoms. The summed E-state index contributed by atoms with van der Waals surface area (Å²) in [6.07, 6.45) is 0. The monoisotopic (exact) mass is 268 g/mol. The van der Waals surface area contributed by atoms with Crippen LogP contribution in [0.3, 0.4) is 0 Å². The van der Waals surface area contributed by atoms with Crippen LogP contribution < -0.4 is 10.9 Å². The number of nitrogens with one attached hydrogen (secondary N) is 1. The zero-order valence-electron chi connectivity index (χ0n) is 9.88. The lowest BCUT2D eigenvalue weighted by Crippen LogP contribution is -2.33. The van der Waals surface area contributed by atoms with E-state index < -0.39 is 12.0 Å². The van der Waals surface area contributed by atoms with E-state index in [1.54, 1.807) is 13.8 Å². The quantitative estimate of drug-likeness (QED) is 0.811. The molecule has 1 atom stereocenters. The molecule has 0 aliphatic heterocycles. The van der Waals surface area contributed by atoms with Crippen molar-refractivity contribution >= 4 is 22.3 Å². The summed E-state index contributed by atoms with van der Waals surface area (Å²) >= 11 is 1.26. The van der Waals surface area contributed by atoms with E-state index in [4.69, 9.17) is 5.11 Å². The number of carboxylic acid groups (broad SMARTS) is 1. The van der Waals surface area contributed by atoms with Crippen LogP contribution in [0, 0.1) is 6.92 Å². The molecule has 96 valence electrons. The van der Waals surface area contributed by atoms with Crippen molar-refractivity contribution in [2.24, 2.45) is 0 Å². The van der Waals surface area contributed by atoms with Gasteiger partial charge in [-0.2, -0.15) is 9.61 Å². The van der Waals surface area contributed by atoms with E-state index in [9.17, 15) is 9.59 Å². The first kappa shape index (κ1) is 12.7. The number of aliphatic carboxylic acids is 1. The molecule has 2 aromatic rings. The molecule has 0 spiro atoms. The average molecular weight is 268 g/mol. The van der Waals surface area contributed by atoms with Gasteiger partial charge in [0.1, 0.15) is 11.0 Å². The summed E-state index contributed by atoms with van der Waals surface area (Å²) in [5.74, 6) is -0.928. The molecule has 0 fully saturated rings. The number of fused-ring (bicyclic) bond motifs is 1. The zero-order valence-corrected chi connectivity index (χ0v) is 10.7. The van der Waals surface area contributed by atoms with Gasteiger partial charge >= 0.3 is 5.97 Å². The predicted molar refractivity (Wildman–Crippen MR) is 65.8 cm³/mol. The Morgan fingerprint density at radius 3 is 3.06 bits per heavy atom. The molecule has 2 rings (SSSR count). The highest BCUT2D eigenvalue weighted by Gasteiger charge is 2.12. The first-order chi connectivity index (χ1) is 8.47. The Bertz CT molecular complexity index is 648.